The summed E-state index contributed by atoms with van der Waals surface area (Å²) in [6.07, 6.45) is -1.23. The second kappa shape index (κ2) is 7.67. The fourth-order valence-corrected chi connectivity index (χ4v) is 6.22. The maximum atomic E-state index is 13.3. The summed E-state index contributed by atoms with van der Waals surface area (Å²) in [6.45, 7) is 4.13. The predicted molar refractivity (Wildman–Crippen MR) is 135 cm³/mol. The van der Waals surface area contributed by atoms with E-state index in [1.807, 2.05) is 24.3 Å². The number of carbonyl (C=O) groups excluding carboxylic acids is 1. The van der Waals surface area contributed by atoms with Crippen molar-refractivity contribution in [1.29, 1.82) is 0 Å². The maximum absolute atomic E-state index is 13.3. The van der Waals surface area contributed by atoms with Crippen LogP contribution in [0.25, 0.3) is 43.6 Å². The minimum absolute atomic E-state index is 0.0536. The van der Waals surface area contributed by atoms with Gasteiger partial charge in [-0.25, -0.2) is 0 Å². The van der Waals surface area contributed by atoms with Gasteiger partial charge in [-0.1, -0.05) is 43.3 Å². The van der Waals surface area contributed by atoms with Crippen molar-refractivity contribution in [2.45, 2.75) is 45.2 Å². The number of aromatic nitrogens is 2. The third kappa shape index (κ3) is 2.59. The van der Waals surface area contributed by atoms with E-state index in [2.05, 4.69) is 40.3 Å². The number of aryl methyl sites for hydroxylation is 1. The van der Waals surface area contributed by atoms with Gasteiger partial charge < -0.3 is 23.7 Å². The SMILES string of the molecule is CCc1c(C(C)=O)c2c3ccccc3n3c2c2c1c1ccccc1n2CC(O)C(OC)C3OC. The number of rotatable bonds is 4. The van der Waals surface area contributed by atoms with Crippen molar-refractivity contribution in [3.63, 3.8) is 0 Å². The molecule has 3 atom stereocenters. The van der Waals surface area contributed by atoms with Crippen LogP contribution in [-0.2, 0) is 22.4 Å². The smallest absolute Gasteiger partial charge is 0.163 e. The minimum Gasteiger partial charge on any atom is -0.388 e. The van der Waals surface area contributed by atoms with Gasteiger partial charge in [-0.15, -0.1) is 0 Å². The van der Waals surface area contributed by atoms with Crippen LogP contribution in [0.4, 0.5) is 0 Å². The van der Waals surface area contributed by atoms with E-state index in [0.29, 0.717) is 6.54 Å². The van der Waals surface area contributed by atoms with E-state index in [9.17, 15) is 9.90 Å². The molecule has 174 valence electrons. The molecule has 3 heterocycles. The number of aliphatic hydroxyl groups excluding tert-OH is 1. The molecule has 6 heteroatoms. The number of nitrogens with zero attached hydrogens (tertiary/aromatic N) is 2. The molecule has 0 bridgehead atoms. The van der Waals surface area contributed by atoms with E-state index < -0.39 is 18.4 Å². The summed E-state index contributed by atoms with van der Waals surface area (Å²) in [6, 6.07) is 16.4. The number of ketones is 1. The van der Waals surface area contributed by atoms with Crippen LogP contribution < -0.4 is 0 Å². The average Bonchev–Trinajstić information content (AvgIpc) is 3.34. The molecule has 6 nitrogen and oxygen atoms in total. The van der Waals surface area contributed by atoms with Gasteiger partial charge in [-0.2, -0.15) is 0 Å². The summed E-state index contributed by atoms with van der Waals surface area (Å²) in [5.41, 5.74) is 5.80. The fraction of sp³-hybridized carbons (Fsp3) is 0.321. The number of para-hydroxylation sites is 2. The van der Waals surface area contributed by atoms with Crippen LogP contribution in [0.3, 0.4) is 0 Å². The van der Waals surface area contributed by atoms with Crippen molar-refractivity contribution in [2.75, 3.05) is 14.2 Å². The van der Waals surface area contributed by atoms with E-state index in [1.165, 1.54) is 0 Å². The zero-order valence-electron chi connectivity index (χ0n) is 19.8. The Balaban J connectivity index is 2.02. The van der Waals surface area contributed by atoms with Crippen LogP contribution in [0.1, 0.15) is 36.0 Å². The highest BCUT2D eigenvalue weighted by Crippen LogP contribution is 2.46. The normalized spacial score (nSPS) is 20.6. The van der Waals surface area contributed by atoms with Gasteiger partial charge in [0, 0.05) is 46.8 Å². The highest BCUT2D eigenvalue weighted by molar-refractivity contribution is 6.30. The summed E-state index contributed by atoms with van der Waals surface area (Å²) >= 11 is 0. The Labute approximate surface area is 197 Å². The maximum Gasteiger partial charge on any atom is 0.163 e. The van der Waals surface area contributed by atoms with Crippen molar-refractivity contribution in [3.05, 3.63) is 59.7 Å². The van der Waals surface area contributed by atoms with E-state index in [4.69, 9.17) is 9.47 Å². The molecule has 3 unspecified atom stereocenters. The van der Waals surface area contributed by atoms with Crippen LogP contribution in [0.5, 0.6) is 0 Å². The van der Waals surface area contributed by atoms with Crippen molar-refractivity contribution < 1.29 is 19.4 Å². The minimum atomic E-state index is -0.795. The quantitative estimate of drug-likeness (QED) is 0.378. The molecule has 0 saturated carbocycles. The van der Waals surface area contributed by atoms with Crippen LogP contribution >= 0.6 is 0 Å². The summed E-state index contributed by atoms with van der Waals surface area (Å²) in [4.78, 5) is 13.3. The first kappa shape index (κ1) is 21.4. The second-order valence-corrected chi connectivity index (χ2v) is 9.12. The number of hydrogen-bond acceptors (Lipinski definition) is 4. The topological polar surface area (TPSA) is 65.6 Å². The summed E-state index contributed by atoms with van der Waals surface area (Å²) in [7, 11) is 3.25. The van der Waals surface area contributed by atoms with Crippen molar-refractivity contribution >= 4 is 49.4 Å². The van der Waals surface area contributed by atoms with Crippen LogP contribution in [0.15, 0.2) is 48.5 Å². The van der Waals surface area contributed by atoms with Gasteiger partial charge in [0.25, 0.3) is 0 Å². The molecule has 6 rings (SSSR count). The zero-order chi connectivity index (χ0) is 23.7. The van der Waals surface area contributed by atoms with Gasteiger partial charge in [-0.05, 0) is 31.0 Å². The molecule has 3 aromatic carbocycles. The Morgan fingerprint density at radius 1 is 0.971 bits per heavy atom. The molecule has 1 aliphatic rings. The molecular formula is C28H28N2O4. The lowest BCUT2D eigenvalue weighted by atomic mass is 9.91. The number of ether oxygens (including phenoxy) is 2. The number of methoxy groups -OCH3 is 2. The Bertz CT molecular complexity index is 1610. The Kier molecular flexibility index (Phi) is 4.81. The fourth-order valence-electron chi connectivity index (χ4n) is 6.22. The van der Waals surface area contributed by atoms with Gasteiger partial charge >= 0.3 is 0 Å². The average molecular weight is 457 g/mol. The molecular weight excluding hydrogens is 428 g/mol. The van der Waals surface area contributed by atoms with E-state index in [-0.39, 0.29) is 5.78 Å². The highest BCUT2D eigenvalue weighted by atomic mass is 16.5. The zero-order valence-corrected chi connectivity index (χ0v) is 19.8. The molecule has 0 fully saturated rings. The largest absolute Gasteiger partial charge is 0.388 e. The van der Waals surface area contributed by atoms with E-state index >= 15 is 0 Å². The third-order valence-corrected chi connectivity index (χ3v) is 7.46. The van der Waals surface area contributed by atoms with Gasteiger partial charge in [0.15, 0.2) is 12.0 Å². The van der Waals surface area contributed by atoms with Gasteiger partial charge in [0.1, 0.15) is 12.2 Å². The highest BCUT2D eigenvalue weighted by Gasteiger charge is 2.37. The Hall–Kier alpha value is -3.19. The Morgan fingerprint density at radius 3 is 2.24 bits per heavy atom. The number of carbonyl (C=O) groups is 1. The molecule has 0 saturated heterocycles. The molecule has 1 aliphatic heterocycles. The van der Waals surface area contributed by atoms with Crippen LogP contribution in [0, 0.1) is 0 Å². The molecule has 1 N–H and O–H groups in total. The lowest BCUT2D eigenvalue weighted by Gasteiger charge is -2.33. The van der Waals surface area contributed by atoms with Crippen molar-refractivity contribution in [3.8, 4) is 0 Å². The lowest BCUT2D eigenvalue weighted by Crippen LogP contribution is -2.41. The first-order valence-electron chi connectivity index (χ1n) is 11.8. The first-order chi connectivity index (χ1) is 16.5. The second-order valence-electron chi connectivity index (χ2n) is 9.12. The number of benzene rings is 3. The van der Waals surface area contributed by atoms with Crippen molar-refractivity contribution in [2.24, 2.45) is 0 Å². The summed E-state index contributed by atoms with van der Waals surface area (Å²) in [5.74, 6) is 0.0536. The number of aliphatic hydroxyl groups is 1. The number of hydrogen-bond donors (Lipinski definition) is 1. The van der Waals surface area contributed by atoms with Crippen LogP contribution in [-0.4, -0.2) is 46.5 Å². The molecule has 0 radical (unpaired) electrons. The molecule has 5 aromatic rings. The molecule has 2 aromatic heterocycles. The van der Waals surface area contributed by atoms with Crippen molar-refractivity contribution in [1.82, 2.24) is 9.13 Å². The predicted octanol–water partition coefficient (Wildman–Crippen LogP) is 5.20. The van der Waals surface area contributed by atoms with Gasteiger partial charge in [0.05, 0.1) is 23.1 Å². The summed E-state index contributed by atoms with van der Waals surface area (Å²) < 4.78 is 16.2. The first-order valence-corrected chi connectivity index (χ1v) is 11.8. The monoisotopic (exact) mass is 456 g/mol. The number of Topliss-reactive ketones (excluding diaryl/α,β-unsaturated/α-hetero) is 1. The number of fused-ring (bicyclic) bond motifs is 6. The molecule has 0 amide bonds. The Morgan fingerprint density at radius 2 is 1.62 bits per heavy atom. The third-order valence-electron chi connectivity index (χ3n) is 7.46. The molecule has 0 spiro atoms. The lowest BCUT2D eigenvalue weighted by molar-refractivity contribution is -0.126. The van der Waals surface area contributed by atoms with E-state index in [0.717, 1.165) is 61.2 Å². The molecule has 0 aliphatic carbocycles. The summed E-state index contributed by atoms with van der Waals surface area (Å²) in [5, 5.41) is 15.5. The molecule has 34 heavy (non-hydrogen) atoms. The van der Waals surface area contributed by atoms with Gasteiger partial charge in [-0.3, -0.25) is 4.79 Å². The van der Waals surface area contributed by atoms with Crippen LogP contribution in [0.2, 0.25) is 0 Å². The standard InChI is InChI=1S/C28H28N2O4/c1-5-16-22(15(2)31)24-18-11-7-9-13-20(18)30-26(24)25-23(16)17-10-6-8-12-19(17)29(25)14-21(32)27(33-3)28(30)34-4/h6-13,21,27-28,32H,5,14H2,1-4H3. The van der Waals surface area contributed by atoms with Gasteiger partial charge in [0.2, 0.25) is 0 Å². The van der Waals surface area contributed by atoms with E-state index in [1.54, 1.807) is 21.1 Å².